The summed E-state index contributed by atoms with van der Waals surface area (Å²) in [5.41, 5.74) is 4.18. The van der Waals surface area contributed by atoms with Crippen LogP contribution in [0, 0.1) is 0 Å². The summed E-state index contributed by atoms with van der Waals surface area (Å²) >= 11 is 0. The van der Waals surface area contributed by atoms with Crippen LogP contribution in [0.3, 0.4) is 0 Å². The lowest BCUT2D eigenvalue weighted by Gasteiger charge is -2.18. The molecular weight excluding hydrogens is 318 g/mol. The van der Waals surface area contributed by atoms with Gasteiger partial charge in [0.2, 0.25) is 0 Å². The van der Waals surface area contributed by atoms with Crippen LogP contribution in [0.2, 0.25) is 0 Å². The van der Waals surface area contributed by atoms with Gasteiger partial charge in [0, 0.05) is 30.1 Å². The number of rotatable bonds is 4. The summed E-state index contributed by atoms with van der Waals surface area (Å²) in [6.45, 7) is 3.03. The van der Waals surface area contributed by atoms with Gasteiger partial charge in [-0.1, -0.05) is 18.2 Å². The molecule has 3 heterocycles. The zero-order valence-corrected chi connectivity index (χ0v) is 13.9. The molecular formula is C18H19N5O2. The molecule has 0 aliphatic carbocycles. The van der Waals surface area contributed by atoms with Gasteiger partial charge in [0.05, 0.1) is 24.9 Å². The summed E-state index contributed by atoms with van der Waals surface area (Å²) in [5.74, 6) is -0.203. The Morgan fingerprint density at radius 2 is 2.24 bits per heavy atom. The number of nitrogens with one attached hydrogen (secondary N) is 2. The normalized spacial score (nSPS) is 14.8. The molecule has 2 N–H and O–H groups in total. The maximum absolute atomic E-state index is 12.7. The van der Waals surface area contributed by atoms with Gasteiger partial charge in [-0.3, -0.25) is 9.89 Å². The molecule has 7 heteroatoms. The summed E-state index contributed by atoms with van der Waals surface area (Å²) in [4.78, 5) is 12.7. The molecule has 1 aliphatic rings. The molecule has 7 nitrogen and oxygen atoms in total. The summed E-state index contributed by atoms with van der Waals surface area (Å²) in [6.07, 6.45) is 4.37. The molecule has 1 atom stereocenters. The Hall–Kier alpha value is -2.93. The first kappa shape index (κ1) is 15.6. The third-order valence-electron chi connectivity index (χ3n) is 4.41. The van der Waals surface area contributed by atoms with Crippen LogP contribution >= 0.6 is 0 Å². The van der Waals surface area contributed by atoms with E-state index in [1.54, 1.807) is 10.9 Å². The first-order valence-electron chi connectivity index (χ1n) is 8.27. The fraction of sp³-hybridized carbons (Fsp3) is 0.278. The number of aromatic nitrogens is 4. The Morgan fingerprint density at radius 1 is 1.36 bits per heavy atom. The third kappa shape index (κ3) is 2.94. The summed E-state index contributed by atoms with van der Waals surface area (Å²) in [5, 5.41) is 14.5. The maximum atomic E-state index is 12.7. The molecule has 1 aliphatic heterocycles. The van der Waals surface area contributed by atoms with E-state index in [2.05, 4.69) is 20.6 Å². The van der Waals surface area contributed by atoms with Gasteiger partial charge in [-0.05, 0) is 24.6 Å². The number of amides is 1. The molecule has 128 valence electrons. The van der Waals surface area contributed by atoms with Crippen LogP contribution in [0.15, 0.2) is 42.7 Å². The Morgan fingerprint density at radius 3 is 3.08 bits per heavy atom. The molecule has 4 rings (SSSR count). The minimum atomic E-state index is -0.203. The first-order chi connectivity index (χ1) is 12.2. The second-order valence-electron chi connectivity index (χ2n) is 6.04. The van der Waals surface area contributed by atoms with E-state index in [9.17, 15) is 4.79 Å². The number of fused-ring (bicyclic) bond motifs is 1. The SMILES string of the molecule is CC(NC(=O)c1n[nH]c2c1COCC2)c1ccccc1-n1cccn1. The smallest absolute Gasteiger partial charge is 0.272 e. The van der Waals surface area contributed by atoms with Crippen LogP contribution < -0.4 is 5.32 Å². The van der Waals surface area contributed by atoms with Crippen LogP contribution in [0.5, 0.6) is 0 Å². The van der Waals surface area contributed by atoms with Gasteiger partial charge >= 0.3 is 0 Å². The van der Waals surface area contributed by atoms with Crippen LogP contribution in [0.4, 0.5) is 0 Å². The fourth-order valence-corrected chi connectivity index (χ4v) is 3.12. The van der Waals surface area contributed by atoms with Crippen LogP contribution in [0.25, 0.3) is 5.69 Å². The second kappa shape index (κ2) is 6.52. The number of nitrogens with zero attached hydrogens (tertiary/aromatic N) is 3. The minimum Gasteiger partial charge on any atom is -0.376 e. The summed E-state index contributed by atoms with van der Waals surface area (Å²) in [6, 6.07) is 9.56. The minimum absolute atomic E-state index is 0.190. The van der Waals surface area contributed by atoms with Crippen molar-refractivity contribution in [3.05, 3.63) is 65.2 Å². The van der Waals surface area contributed by atoms with Crippen LogP contribution in [0.1, 0.15) is 40.3 Å². The quantitative estimate of drug-likeness (QED) is 0.764. The highest BCUT2D eigenvalue weighted by Crippen LogP contribution is 2.23. The molecule has 0 saturated heterocycles. The van der Waals surface area contributed by atoms with Crippen molar-refractivity contribution < 1.29 is 9.53 Å². The van der Waals surface area contributed by atoms with Crippen molar-refractivity contribution in [3.8, 4) is 5.69 Å². The molecule has 0 radical (unpaired) electrons. The number of H-pyrrole nitrogens is 1. The average Bonchev–Trinajstić information content (AvgIpc) is 3.31. The highest BCUT2D eigenvalue weighted by atomic mass is 16.5. The van der Waals surface area contributed by atoms with Crippen molar-refractivity contribution >= 4 is 5.91 Å². The van der Waals surface area contributed by atoms with E-state index in [-0.39, 0.29) is 11.9 Å². The number of benzene rings is 1. The third-order valence-corrected chi connectivity index (χ3v) is 4.41. The zero-order chi connectivity index (χ0) is 17.2. The van der Waals surface area contributed by atoms with Gasteiger partial charge in [-0.25, -0.2) is 4.68 Å². The Balaban J connectivity index is 1.58. The number of hydrogen-bond donors (Lipinski definition) is 2. The molecule has 1 unspecified atom stereocenters. The van der Waals surface area contributed by atoms with E-state index < -0.39 is 0 Å². The van der Waals surface area contributed by atoms with E-state index >= 15 is 0 Å². The van der Waals surface area contributed by atoms with Gasteiger partial charge < -0.3 is 10.1 Å². The lowest BCUT2D eigenvalue weighted by molar-refractivity contribution is 0.0912. The van der Waals surface area contributed by atoms with Gasteiger partial charge in [0.1, 0.15) is 0 Å². The number of carbonyl (C=O) groups is 1. The second-order valence-corrected chi connectivity index (χ2v) is 6.04. The van der Waals surface area contributed by atoms with Crippen LogP contribution in [-0.2, 0) is 17.8 Å². The molecule has 1 amide bonds. The summed E-state index contributed by atoms with van der Waals surface area (Å²) < 4.78 is 7.25. The van der Waals surface area contributed by atoms with Crippen molar-refractivity contribution in [2.24, 2.45) is 0 Å². The monoisotopic (exact) mass is 337 g/mol. The van der Waals surface area contributed by atoms with Gasteiger partial charge in [-0.15, -0.1) is 0 Å². The largest absolute Gasteiger partial charge is 0.376 e. The van der Waals surface area contributed by atoms with Crippen molar-refractivity contribution in [1.82, 2.24) is 25.3 Å². The van der Waals surface area contributed by atoms with E-state index in [1.807, 2.05) is 43.5 Å². The Kier molecular flexibility index (Phi) is 4.07. The molecule has 3 aromatic rings. The van der Waals surface area contributed by atoms with Gasteiger partial charge in [-0.2, -0.15) is 10.2 Å². The van der Waals surface area contributed by atoms with E-state index in [0.717, 1.165) is 28.9 Å². The van der Waals surface area contributed by atoms with Crippen molar-refractivity contribution in [1.29, 1.82) is 0 Å². The van der Waals surface area contributed by atoms with Crippen molar-refractivity contribution in [3.63, 3.8) is 0 Å². The first-order valence-corrected chi connectivity index (χ1v) is 8.27. The zero-order valence-electron chi connectivity index (χ0n) is 13.9. The number of hydrogen-bond acceptors (Lipinski definition) is 4. The Labute approximate surface area is 145 Å². The highest BCUT2D eigenvalue weighted by molar-refractivity contribution is 5.94. The standard InChI is InChI=1S/C18H19N5O2/c1-12(13-5-2-3-6-16(13)23-9-4-8-19-23)20-18(24)17-14-11-25-10-7-15(14)21-22-17/h2-6,8-9,12H,7,10-11H2,1H3,(H,20,24)(H,21,22). The molecule has 0 fully saturated rings. The average molecular weight is 337 g/mol. The topological polar surface area (TPSA) is 84.8 Å². The molecule has 0 bridgehead atoms. The highest BCUT2D eigenvalue weighted by Gasteiger charge is 2.24. The predicted molar refractivity (Wildman–Crippen MR) is 91.4 cm³/mol. The number of carbonyl (C=O) groups excluding carboxylic acids is 1. The fourth-order valence-electron chi connectivity index (χ4n) is 3.12. The number of aromatic amines is 1. The Bertz CT molecular complexity index is 885. The molecule has 2 aromatic heterocycles. The lowest BCUT2D eigenvalue weighted by Crippen LogP contribution is -2.29. The van der Waals surface area contributed by atoms with E-state index in [0.29, 0.717) is 18.9 Å². The van der Waals surface area contributed by atoms with Crippen LogP contribution in [-0.4, -0.2) is 32.5 Å². The number of ether oxygens (including phenoxy) is 1. The predicted octanol–water partition coefficient (Wildman–Crippen LogP) is 2.16. The van der Waals surface area contributed by atoms with E-state index in [1.165, 1.54) is 0 Å². The molecule has 1 aromatic carbocycles. The molecule has 25 heavy (non-hydrogen) atoms. The maximum Gasteiger partial charge on any atom is 0.272 e. The van der Waals surface area contributed by atoms with Crippen molar-refractivity contribution in [2.45, 2.75) is 26.0 Å². The molecule has 0 spiro atoms. The van der Waals surface area contributed by atoms with Crippen molar-refractivity contribution in [2.75, 3.05) is 6.61 Å². The van der Waals surface area contributed by atoms with Gasteiger partial charge in [0.15, 0.2) is 5.69 Å². The lowest BCUT2D eigenvalue weighted by atomic mass is 10.0. The van der Waals surface area contributed by atoms with E-state index in [4.69, 9.17) is 4.74 Å². The summed E-state index contributed by atoms with van der Waals surface area (Å²) in [7, 11) is 0. The molecule has 0 saturated carbocycles. The van der Waals surface area contributed by atoms with Gasteiger partial charge in [0.25, 0.3) is 5.91 Å². The number of para-hydroxylation sites is 1.